The van der Waals surface area contributed by atoms with E-state index >= 15 is 0 Å². The fourth-order valence-corrected chi connectivity index (χ4v) is 1.41. The minimum absolute atomic E-state index is 0.0567. The Bertz CT molecular complexity index is 470. The third kappa shape index (κ3) is 3.85. The summed E-state index contributed by atoms with van der Waals surface area (Å²) in [4.78, 5) is 27.3. The number of nitrogen functional groups attached to an aromatic ring is 1. The number of anilines is 1. The van der Waals surface area contributed by atoms with Crippen molar-refractivity contribution in [1.82, 2.24) is 14.9 Å². The van der Waals surface area contributed by atoms with Crippen molar-refractivity contribution >= 4 is 11.9 Å². The second-order valence-electron chi connectivity index (χ2n) is 3.73. The maximum Gasteiger partial charge on any atom is 0.255 e. The summed E-state index contributed by atoms with van der Waals surface area (Å²) in [5, 5.41) is 2.61. The zero-order chi connectivity index (χ0) is 13.5. The predicted molar refractivity (Wildman–Crippen MR) is 67.2 cm³/mol. The molecule has 0 fully saturated rings. The van der Waals surface area contributed by atoms with Gasteiger partial charge in [-0.3, -0.25) is 14.2 Å². The lowest BCUT2D eigenvalue weighted by Gasteiger charge is -2.09. The van der Waals surface area contributed by atoms with Gasteiger partial charge in [-0.1, -0.05) is 6.92 Å². The highest BCUT2D eigenvalue weighted by Gasteiger charge is 2.09. The zero-order valence-electron chi connectivity index (χ0n) is 10.6. The second-order valence-corrected chi connectivity index (χ2v) is 3.73. The maximum absolute atomic E-state index is 11.7. The Kier molecular flexibility index (Phi) is 5.31. The topological polar surface area (TPSA) is 99.2 Å². The molecular weight excluding hydrogens is 236 g/mol. The number of methoxy groups -OCH3 is 1. The van der Waals surface area contributed by atoms with E-state index in [9.17, 15) is 9.59 Å². The molecule has 7 heteroatoms. The standard InChI is InChI=1S/C11H18N4O3/c1-3-8-6-10(17)15(11(12)14-8)7-9(16)13-4-5-18-2/h6H,3-5,7H2,1-2H3,(H2,12,14)(H,13,16). The Morgan fingerprint density at radius 3 is 2.89 bits per heavy atom. The number of hydrogen-bond donors (Lipinski definition) is 2. The Morgan fingerprint density at radius 2 is 2.33 bits per heavy atom. The highest BCUT2D eigenvalue weighted by molar-refractivity contribution is 5.76. The molecule has 0 unspecified atom stereocenters. The predicted octanol–water partition coefficient (Wildman–Crippen LogP) is -0.849. The zero-order valence-corrected chi connectivity index (χ0v) is 10.6. The summed E-state index contributed by atoms with van der Waals surface area (Å²) in [5.41, 5.74) is 5.95. The van der Waals surface area contributed by atoms with Crippen LogP contribution in [0, 0.1) is 0 Å². The van der Waals surface area contributed by atoms with Crippen LogP contribution in [0.15, 0.2) is 10.9 Å². The van der Waals surface area contributed by atoms with Crippen molar-refractivity contribution in [3.63, 3.8) is 0 Å². The smallest absolute Gasteiger partial charge is 0.255 e. The lowest BCUT2D eigenvalue weighted by molar-refractivity contribution is -0.121. The molecule has 7 nitrogen and oxygen atoms in total. The highest BCUT2D eigenvalue weighted by Crippen LogP contribution is 1.98. The van der Waals surface area contributed by atoms with Crippen molar-refractivity contribution in [2.75, 3.05) is 26.0 Å². The van der Waals surface area contributed by atoms with E-state index in [0.29, 0.717) is 25.3 Å². The first-order valence-corrected chi connectivity index (χ1v) is 5.70. The number of ether oxygens (including phenoxy) is 1. The molecule has 18 heavy (non-hydrogen) atoms. The Morgan fingerprint density at radius 1 is 1.61 bits per heavy atom. The number of hydrogen-bond acceptors (Lipinski definition) is 5. The van der Waals surface area contributed by atoms with Crippen LogP contribution in [0.4, 0.5) is 5.95 Å². The van der Waals surface area contributed by atoms with Gasteiger partial charge in [0.1, 0.15) is 6.54 Å². The Balaban J connectivity index is 2.73. The van der Waals surface area contributed by atoms with Gasteiger partial charge in [-0.15, -0.1) is 0 Å². The number of nitrogens with one attached hydrogen (secondary N) is 1. The second kappa shape index (κ2) is 6.75. The van der Waals surface area contributed by atoms with E-state index in [1.807, 2.05) is 6.92 Å². The van der Waals surface area contributed by atoms with Gasteiger partial charge in [0.25, 0.3) is 5.56 Å². The third-order valence-electron chi connectivity index (χ3n) is 2.38. The number of amides is 1. The van der Waals surface area contributed by atoms with E-state index < -0.39 is 0 Å². The van der Waals surface area contributed by atoms with Gasteiger partial charge in [0.2, 0.25) is 11.9 Å². The third-order valence-corrected chi connectivity index (χ3v) is 2.38. The molecular formula is C11H18N4O3. The Hall–Kier alpha value is -1.89. The molecule has 0 saturated carbocycles. The van der Waals surface area contributed by atoms with Gasteiger partial charge in [0.05, 0.1) is 6.61 Å². The minimum atomic E-state index is -0.318. The highest BCUT2D eigenvalue weighted by atomic mass is 16.5. The number of nitrogens with two attached hydrogens (primary N) is 1. The monoisotopic (exact) mass is 254 g/mol. The van der Waals surface area contributed by atoms with Gasteiger partial charge in [-0.2, -0.15) is 0 Å². The molecule has 0 spiro atoms. The molecule has 1 aromatic rings. The summed E-state index contributed by atoms with van der Waals surface area (Å²) in [7, 11) is 1.54. The summed E-state index contributed by atoms with van der Waals surface area (Å²) in [6.07, 6.45) is 0.625. The normalized spacial score (nSPS) is 10.3. The van der Waals surface area contributed by atoms with Crippen LogP contribution in [0.5, 0.6) is 0 Å². The van der Waals surface area contributed by atoms with E-state index in [0.717, 1.165) is 4.57 Å². The van der Waals surface area contributed by atoms with E-state index in [2.05, 4.69) is 10.3 Å². The summed E-state index contributed by atoms with van der Waals surface area (Å²) in [5.74, 6) is -0.242. The number of nitrogens with zero attached hydrogens (tertiary/aromatic N) is 2. The van der Waals surface area contributed by atoms with Crippen LogP contribution in [0.3, 0.4) is 0 Å². The van der Waals surface area contributed by atoms with E-state index in [4.69, 9.17) is 10.5 Å². The summed E-state index contributed by atoms with van der Waals surface area (Å²) < 4.78 is 5.94. The van der Waals surface area contributed by atoms with Gasteiger partial charge in [0, 0.05) is 25.4 Å². The maximum atomic E-state index is 11.7. The molecule has 0 radical (unpaired) electrons. The fraction of sp³-hybridized carbons (Fsp3) is 0.545. The van der Waals surface area contributed by atoms with Crippen molar-refractivity contribution in [2.45, 2.75) is 19.9 Å². The average Bonchev–Trinajstić information content (AvgIpc) is 2.34. The molecule has 0 bridgehead atoms. The number of aromatic nitrogens is 2. The van der Waals surface area contributed by atoms with Crippen LogP contribution < -0.4 is 16.6 Å². The summed E-state index contributed by atoms with van der Waals surface area (Å²) in [6.45, 7) is 2.56. The molecule has 0 aliphatic rings. The van der Waals surface area contributed by atoms with Gasteiger partial charge in [0.15, 0.2) is 0 Å². The van der Waals surface area contributed by atoms with Crippen LogP contribution in [-0.4, -0.2) is 35.7 Å². The number of carbonyl (C=O) groups excluding carboxylic acids is 1. The van der Waals surface area contributed by atoms with E-state index in [1.54, 1.807) is 7.11 Å². The first kappa shape index (κ1) is 14.2. The van der Waals surface area contributed by atoms with Crippen LogP contribution in [0.25, 0.3) is 0 Å². The molecule has 0 atom stereocenters. The van der Waals surface area contributed by atoms with E-state index in [1.165, 1.54) is 6.07 Å². The average molecular weight is 254 g/mol. The van der Waals surface area contributed by atoms with Crippen LogP contribution >= 0.6 is 0 Å². The van der Waals surface area contributed by atoms with Crippen molar-refractivity contribution in [3.8, 4) is 0 Å². The van der Waals surface area contributed by atoms with Crippen LogP contribution in [0.1, 0.15) is 12.6 Å². The number of aryl methyl sites for hydroxylation is 1. The van der Waals surface area contributed by atoms with Crippen molar-refractivity contribution in [1.29, 1.82) is 0 Å². The van der Waals surface area contributed by atoms with Gasteiger partial charge < -0.3 is 15.8 Å². The fourth-order valence-electron chi connectivity index (χ4n) is 1.41. The molecule has 1 heterocycles. The molecule has 0 saturated heterocycles. The lowest BCUT2D eigenvalue weighted by Crippen LogP contribution is -2.35. The van der Waals surface area contributed by atoms with E-state index in [-0.39, 0.29) is 24.0 Å². The SMILES string of the molecule is CCc1cc(=O)n(CC(=O)NCCOC)c(N)n1. The first-order chi connectivity index (χ1) is 8.58. The molecule has 3 N–H and O–H groups in total. The minimum Gasteiger partial charge on any atom is -0.383 e. The molecule has 1 rings (SSSR count). The summed E-state index contributed by atoms with van der Waals surface area (Å²) in [6, 6.07) is 1.39. The Labute approximate surface area is 105 Å². The molecule has 0 aromatic carbocycles. The van der Waals surface area contributed by atoms with Crippen molar-refractivity contribution in [3.05, 3.63) is 22.1 Å². The molecule has 0 aliphatic heterocycles. The number of carbonyl (C=O) groups is 1. The van der Waals surface area contributed by atoms with Gasteiger partial charge >= 0.3 is 0 Å². The first-order valence-electron chi connectivity index (χ1n) is 5.70. The largest absolute Gasteiger partial charge is 0.383 e. The number of rotatable bonds is 6. The quantitative estimate of drug-likeness (QED) is 0.644. The van der Waals surface area contributed by atoms with Crippen LogP contribution in [0.2, 0.25) is 0 Å². The molecule has 1 aromatic heterocycles. The lowest BCUT2D eigenvalue weighted by atomic mass is 10.3. The van der Waals surface area contributed by atoms with Crippen molar-refractivity contribution in [2.24, 2.45) is 0 Å². The van der Waals surface area contributed by atoms with Gasteiger partial charge in [-0.25, -0.2) is 4.98 Å². The van der Waals surface area contributed by atoms with Gasteiger partial charge in [-0.05, 0) is 6.42 Å². The summed E-state index contributed by atoms with van der Waals surface area (Å²) >= 11 is 0. The molecule has 0 aliphatic carbocycles. The van der Waals surface area contributed by atoms with Crippen LogP contribution in [-0.2, 0) is 22.5 Å². The molecule has 100 valence electrons. The molecule has 1 amide bonds. The van der Waals surface area contributed by atoms with Crippen molar-refractivity contribution < 1.29 is 9.53 Å².